The predicted molar refractivity (Wildman–Crippen MR) is 73.1 cm³/mol. The fraction of sp³-hybridized carbons (Fsp3) is 0.467. The third kappa shape index (κ3) is 3.12. The van der Waals surface area contributed by atoms with E-state index in [2.05, 4.69) is 11.4 Å². The Morgan fingerprint density at radius 3 is 2.79 bits per heavy atom. The van der Waals surface area contributed by atoms with Gasteiger partial charge in [0.25, 0.3) is 0 Å². The molecule has 2 rings (SSSR count). The first-order valence-corrected chi connectivity index (χ1v) is 6.61. The molecule has 1 saturated heterocycles. The standard InChI is InChI=1S/C15H19N3O/c1-15(8-5-10-17-15)14(19)18(11-9-16)12-13-6-3-2-4-7-13/h2-4,6-7,17H,5,8,10-12H2,1H3. The molecule has 1 heterocycles. The van der Waals surface area contributed by atoms with Gasteiger partial charge in [-0.15, -0.1) is 0 Å². The number of benzene rings is 1. The minimum atomic E-state index is -0.508. The Hall–Kier alpha value is -1.86. The zero-order valence-electron chi connectivity index (χ0n) is 11.2. The SMILES string of the molecule is CC1(C(=O)N(CC#N)Cc2ccccc2)CCCN1. The van der Waals surface area contributed by atoms with E-state index in [1.54, 1.807) is 4.90 Å². The Bertz CT molecular complexity index is 472. The molecule has 0 aromatic heterocycles. The maximum absolute atomic E-state index is 12.6. The maximum Gasteiger partial charge on any atom is 0.243 e. The second-order valence-electron chi connectivity index (χ2n) is 5.17. The third-order valence-corrected chi connectivity index (χ3v) is 3.61. The maximum atomic E-state index is 12.6. The number of nitrogens with one attached hydrogen (secondary N) is 1. The fourth-order valence-electron chi connectivity index (χ4n) is 2.51. The lowest BCUT2D eigenvalue weighted by Gasteiger charge is -2.30. The lowest BCUT2D eigenvalue weighted by molar-refractivity contribution is -0.137. The van der Waals surface area contributed by atoms with E-state index in [-0.39, 0.29) is 12.5 Å². The molecule has 1 aromatic rings. The monoisotopic (exact) mass is 257 g/mol. The summed E-state index contributed by atoms with van der Waals surface area (Å²) in [6.45, 7) is 3.42. The van der Waals surface area contributed by atoms with Gasteiger partial charge in [-0.1, -0.05) is 30.3 Å². The van der Waals surface area contributed by atoms with Gasteiger partial charge in [0.1, 0.15) is 6.54 Å². The van der Waals surface area contributed by atoms with Crippen molar-refractivity contribution in [3.8, 4) is 6.07 Å². The molecule has 4 nitrogen and oxygen atoms in total. The Labute approximate surface area is 114 Å². The number of hydrogen-bond donors (Lipinski definition) is 1. The number of hydrogen-bond acceptors (Lipinski definition) is 3. The largest absolute Gasteiger partial charge is 0.323 e. The molecular formula is C15H19N3O. The number of nitrogens with zero attached hydrogens (tertiary/aromatic N) is 2. The first-order chi connectivity index (χ1) is 9.15. The Balaban J connectivity index is 2.12. The first kappa shape index (κ1) is 13.6. The van der Waals surface area contributed by atoms with Gasteiger partial charge in [0.15, 0.2) is 0 Å². The van der Waals surface area contributed by atoms with Crippen LogP contribution in [0.1, 0.15) is 25.3 Å². The van der Waals surface area contributed by atoms with Gasteiger partial charge in [-0.2, -0.15) is 5.26 Å². The molecule has 1 N–H and O–H groups in total. The summed E-state index contributed by atoms with van der Waals surface area (Å²) in [4.78, 5) is 14.2. The highest BCUT2D eigenvalue weighted by molar-refractivity contribution is 5.86. The number of nitriles is 1. The van der Waals surface area contributed by atoms with E-state index in [4.69, 9.17) is 5.26 Å². The summed E-state index contributed by atoms with van der Waals surface area (Å²) >= 11 is 0. The Kier molecular flexibility index (Phi) is 4.18. The summed E-state index contributed by atoms with van der Waals surface area (Å²) in [7, 11) is 0. The summed E-state index contributed by atoms with van der Waals surface area (Å²) in [5.41, 5.74) is 0.540. The first-order valence-electron chi connectivity index (χ1n) is 6.61. The van der Waals surface area contributed by atoms with Crippen LogP contribution in [-0.2, 0) is 11.3 Å². The van der Waals surface area contributed by atoms with Crippen LogP contribution in [0, 0.1) is 11.3 Å². The van der Waals surface area contributed by atoms with Crippen molar-refractivity contribution in [2.24, 2.45) is 0 Å². The van der Waals surface area contributed by atoms with Crippen LogP contribution in [0.25, 0.3) is 0 Å². The number of carbonyl (C=O) groups excluding carboxylic acids is 1. The lowest BCUT2D eigenvalue weighted by Crippen LogP contribution is -2.52. The van der Waals surface area contributed by atoms with Gasteiger partial charge in [0.2, 0.25) is 5.91 Å². The van der Waals surface area contributed by atoms with Crippen LogP contribution in [0.3, 0.4) is 0 Å². The fourth-order valence-corrected chi connectivity index (χ4v) is 2.51. The van der Waals surface area contributed by atoms with Crippen molar-refractivity contribution in [2.75, 3.05) is 13.1 Å². The van der Waals surface area contributed by atoms with Crippen molar-refractivity contribution in [3.63, 3.8) is 0 Å². The molecule has 0 radical (unpaired) electrons. The topological polar surface area (TPSA) is 56.1 Å². The molecule has 1 unspecified atom stereocenters. The molecule has 19 heavy (non-hydrogen) atoms. The summed E-state index contributed by atoms with van der Waals surface area (Å²) in [6.07, 6.45) is 1.84. The predicted octanol–water partition coefficient (Wildman–Crippen LogP) is 1.68. The van der Waals surface area contributed by atoms with Crippen LogP contribution in [0.5, 0.6) is 0 Å². The second kappa shape index (κ2) is 5.85. The summed E-state index contributed by atoms with van der Waals surface area (Å²) in [5.74, 6) is 0.0235. The summed E-state index contributed by atoms with van der Waals surface area (Å²) in [6, 6.07) is 11.9. The second-order valence-corrected chi connectivity index (χ2v) is 5.17. The quantitative estimate of drug-likeness (QED) is 0.835. The number of rotatable bonds is 4. The van der Waals surface area contributed by atoms with Crippen molar-refractivity contribution in [2.45, 2.75) is 31.8 Å². The summed E-state index contributed by atoms with van der Waals surface area (Å²) < 4.78 is 0. The van der Waals surface area contributed by atoms with Gasteiger partial charge in [-0.3, -0.25) is 4.79 Å². The van der Waals surface area contributed by atoms with Crippen LogP contribution in [0.15, 0.2) is 30.3 Å². The van der Waals surface area contributed by atoms with E-state index in [0.717, 1.165) is 24.9 Å². The van der Waals surface area contributed by atoms with Gasteiger partial charge >= 0.3 is 0 Å². The molecule has 1 aliphatic heterocycles. The molecule has 1 aliphatic rings. The van der Waals surface area contributed by atoms with Crippen molar-refractivity contribution in [3.05, 3.63) is 35.9 Å². The highest BCUT2D eigenvalue weighted by Gasteiger charge is 2.38. The smallest absolute Gasteiger partial charge is 0.243 e. The van der Waals surface area contributed by atoms with Crippen LogP contribution < -0.4 is 5.32 Å². The van der Waals surface area contributed by atoms with Crippen molar-refractivity contribution < 1.29 is 4.79 Å². The minimum Gasteiger partial charge on any atom is -0.323 e. The average molecular weight is 257 g/mol. The van der Waals surface area contributed by atoms with Crippen molar-refractivity contribution in [1.82, 2.24) is 10.2 Å². The highest BCUT2D eigenvalue weighted by atomic mass is 16.2. The molecule has 1 atom stereocenters. The minimum absolute atomic E-state index is 0.0235. The molecular weight excluding hydrogens is 238 g/mol. The molecule has 1 fully saturated rings. The molecule has 1 aromatic carbocycles. The van der Waals surface area contributed by atoms with E-state index >= 15 is 0 Å². The van der Waals surface area contributed by atoms with E-state index in [1.165, 1.54) is 0 Å². The molecule has 100 valence electrons. The molecule has 0 saturated carbocycles. The van der Waals surface area contributed by atoms with Crippen molar-refractivity contribution in [1.29, 1.82) is 5.26 Å². The van der Waals surface area contributed by atoms with E-state index in [0.29, 0.717) is 6.54 Å². The normalized spacial score (nSPS) is 21.9. The zero-order valence-corrected chi connectivity index (χ0v) is 11.2. The van der Waals surface area contributed by atoms with E-state index in [9.17, 15) is 4.79 Å². The van der Waals surface area contributed by atoms with Gasteiger partial charge < -0.3 is 10.2 Å². The molecule has 4 heteroatoms. The molecule has 0 aliphatic carbocycles. The zero-order chi connectivity index (χ0) is 13.7. The highest BCUT2D eigenvalue weighted by Crippen LogP contribution is 2.22. The number of carbonyl (C=O) groups is 1. The van der Waals surface area contributed by atoms with Crippen LogP contribution >= 0.6 is 0 Å². The van der Waals surface area contributed by atoms with Gasteiger partial charge in [0, 0.05) is 6.54 Å². The lowest BCUT2D eigenvalue weighted by atomic mass is 9.98. The average Bonchev–Trinajstić information content (AvgIpc) is 2.87. The van der Waals surface area contributed by atoms with Gasteiger partial charge in [0.05, 0.1) is 11.6 Å². The summed E-state index contributed by atoms with van der Waals surface area (Å²) in [5, 5.41) is 12.2. The van der Waals surface area contributed by atoms with Crippen LogP contribution in [0.4, 0.5) is 0 Å². The Morgan fingerprint density at radius 1 is 1.47 bits per heavy atom. The van der Waals surface area contributed by atoms with Gasteiger partial charge in [-0.05, 0) is 31.9 Å². The van der Waals surface area contributed by atoms with E-state index in [1.807, 2.05) is 37.3 Å². The van der Waals surface area contributed by atoms with Crippen LogP contribution in [-0.4, -0.2) is 29.4 Å². The number of amides is 1. The molecule has 0 bridgehead atoms. The molecule has 1 amide bonds. The van der Waals surface area contributed by atoms with Gasteiger partial charge in [-0.25, -0.2) is 0 Å². The van der Waals surface area contributed by atoms with Crippen molar-refractivity contribution >= 4 is 5.91 Å². The van der Waals surface area contributed by atoms with Crippen LogP contribution in [0.2, 0.25) is 0 Å². The van der Waals surface area contributed by atoms with E-state index < -0.39 is 5.54 Å². The third-order valence-electron chi connectivity index (χ3n) is 3.61. The molecule has 0 spiro atoms. The Morgan fingerprint density at radius 2 is 2.21 bits per heavy atom.